The van der Waals surface area contributed by atoms with Crippen molar-refractivity contribution >= 4 is 42.6 Å². The first-order valence-electron chi connectivity index (χ1n) is 9.82. The Labute approximate surface area is 184 Å². The van der Waals surface area contributed by atoms with Gasteiger partial charge in [0, 0.05) is 31.9 Å². The summed E-state index contributed by atoms with van der Waals surface area (Å²) in [6.45, 7) is 1.50. The van der Waals surface area contributed by atoms with Crippen LogP contribution in [0.1, 0.15) is 23.3 Å². The SMILES string of the molecule is CNC(=O)c1cc(Oc2ccc3nc(N([C@H]4CCCNC4)S(C)(=O)=O)sc3c2)ccn1. The normalized spacial score (nSPS) is 16.8. The molecule has 3 heterocycles. The van der Waals surface area contributed by atoms with Crippen LogP contribution in [0, 0.1) is 0 Å². The molecule has 4 rings (SSSR count). The number of sulfonamides is 1. The van der Waals surface area contributed by atoms with Crippen LogP contribution in [0.3, 0.4) is 0 Å². The van der Waals surface area contributed by atoms with Crippen molar-refractivity contribution in [1.82, 2.24) is 20.6 Å². The zero-order chi connectivity index (χ0) is 22.0. The highest BCUT2D eigenvalue weighted by atomic mass is 32.2. The lowest BCUT2D eigenvalue weighted by Gasteiger charge is -2.32. The molecule has 0 radical (unpaired) electrons. The number of aromatic nitrogens is 2. The number of pyridine rings is 1. The maximum atomic E-state index is 12.5. The minimum absolute atomic E-state index is 0.153. The van der Waals surface area contributed by atoms with Crippen LogP contribution in [-0.4, -0.2) is 56.7 Å². The summed E-state index contributed by atoms with van der Waals surface area (Å²) in [6.07, 6.45) is 4.44. The molecule has 1 aliphatic rings. The largest absolute Gasteiger partial charge is 0.457 e. The molecule has 1 amide bonds. The van der Waals surface area contributed by atoms with Crippen molar-refractivity contribution in [3.8, 4) is 11.5 Å². The summed E-state index contributed by atoms with van der Waals surface area (Å²) in [5.41, 5.74) is 0.955. The monoisotopic (exact) mass is 461 g/mol. The van der Waals surface area contributed by atoms with Crippen molar-refractivity contribution in [2.45, 2.75) is 18.9 Å². The Morgan fingerprint density at radius 3 is 2.81 bits per heavy atom. The molecule has 0 aliphatic carbocycles. The van der Waals surface area contributed by atoms with Crippen molar-refractivity contribution in [1.29, 1.82) is 0 Å². The van der Waals surface area contributed by atoms with Crippen LogP contribution in [0.5, 0.6) is 11.5 Å². The molecular formula is C20H23N5O4S2. The van der Waals surface area contributed by atoms with E-state index in [9.17, 15) is 13.2 Å². The topological polar surface area (TPSA) is 114 Å². The number of rotatable bonds is 6. The fourth-order valence-corrected chi connectivity index (χ4v) is 6.05. The average molecular weight is 462 g/mol. The molecular weight excluding hydrogens is 438 g/mol. The predicted molar refractivity (Wildman–Crippen MR) is 121 cm³/mol. The van der Waals surface area contributed by atoms with E-state index in [2.05, 4.69) is 20.6 Å². The predicted octanol–water partition coefficient (Wildman–Crippen LogP) is 2.36. The summed E-state index contributed by atoms with van der Waals surface area (Å²) in [5.74, 6) is 0.733. The zero-order valence-electron chi connectivity index (χ0n) is 17.2. The van der Waals surface area contributed by atoms with E-state index in [1.54, 1.807) is 24.3 Å². The fraction of sp³-hybridized carbons (Fsp3) is 0.350. The van der Waals surface area contributed by atoms with Gasteiger partial charge in [-0.25, -0.2) is 17.7 Å². The first-order chi connectivity index (χ1) is 14.8. The Kier molecular flexibility index (Phi) is 6.08. The lowest BCUT2D eigenvalue weighted by atomic mass is 10.1. The zero-order valence-corrected chi connectivity index (χ0v) is 18.8. The number of carbonyl (C=O) groups excluding carboxylic acids is 1. The van der Waals surface area contributed by atoms with Crippen molar-refractivity contribution in [2.75, 3.05) is 30.7 Å². The number of hydrogen-bond acceptors (Lipinski definition) is 8. The van der Waals surface area contributed by atoms with Crippen molar-refractivity contribution in [3.63, 3.8) is 0 Å². The van der Waals surface area contributed by atoms with Crippen LogP contribution in [0.4, 0.5) is 5.13 Å². The van der Waals surface area contributed by atoms with Gasteiger partial charge in [-0.2, -0.15) is 0 Å². The van der Waals surface area contributed by atoms with Gasteiger partial charge < -0.3 is 15.4 Å². The van der Waals surface area contributed by atoms with Crippen LogP contribution in [-0.2, 0) is 10.0 Å². The minimum atomic E-state index is -3.47. The van der Waals surface area contributed by atoms with Gasteiger partial charge in [-0.15, -0.1) is 0 Å². The van der Waals surface area contributed by atoms with E-state index in [1.807, 2.05) is 6.07 Å². The van der Waals surface area contributed by atoms with E-state index in [4.69, 9.17) is 4.74 Å². The van der Waals surface area contributed by atoms with Gasteiger partial charge in [0.05, 0.1) is 22.5 Å². The fourth-order valence-electron chi connectivity index (χ4n) is 3.52. The molecule has 3 aromatic rings. The molecule has 0 unspecified atom stereocenters. The van der Waals surface area contributed by atoms with Crippen LogP contribution in [0.15, 0.2) is 36.5 Å². The molecule has 1 aromatic carbocycles. The smallest absolute Gasteiger partial charge is 0.269 e. The second-order valence-corrected chi connectivity index (χ2v) is 10.1. The highest BCUT2D eigenvalue weighted by molar-refractivity contribution is 7.92. The number of anilines is 1. The number of nitrogens with one attached hydrogen (secondary N) is 2. The Bertz CT molecular complexity index is 1210. The number of piperidine rings is 1. The summed E-state index contributed by atoms with van der Waals surface area (Å²) in [4.78, 5) is 20.4. The van der Waals surface area contributed by atoms with Gasteiger partial charge in [-0.1, -0.05) is 11.3 Å². The summed E-state index contributed by atoms with van der Waals surface area (Å²) in [6, 6.07) is 8.44. The Morgan fingerprint density at radius 2 is 2.10 bits per heavy atom. The van der Waals surface area contributed by atoms with Gasteiger partial charge in [0.15, 0.2) is 0 Å². The lowest BCUT2D eigenvalue weighted by molar-refractivity contribution is 0.0958. The first-order valence-corrected chi connectivity index (χ1v) is 12.5. The summed E-state index contributed by atoms with van der Waals surface area (Å²) in [7, 11) is -1.94. The highest BCUT2D eigenvalue weighted by Gasteiger charge is 2.30. The quantitative estimate of drug-likeness (QED) is 0.579. The number of hydrogen-bond donors (Lipinski definition) is 2. The second kappa shape index (κ2) is 8.77. The second-order valence-electron chi connectivity index (χ2n) is 7.24. The molecule has 0 saturated carbocycles. The summed E-state index contributed by atoms with van der Waals surface area (Å²) < 4.78 is 33.2. The molecule has 2 aromatic heterocycles. The molecule has 164 valence electrons. The summed E-state index contributed by atoms with van der Waals surface area (Å²) in [5, 5.41) is 6.24. The van der Waals surface area contributed by atoms with E-state index >= 15 is 0 Å². The number of nitrogens with zero attached hydrogens (tertiary/aromatic N) is 3. The van der Waals surface area contributed by atoms with Gasteiger partial charge in [-0.3, -0.25) is 9.78 Å². The molecule has 0 spiro atoms. The van der Waals surface area contributed by atoms with Gasteiger partial charge >= 0.3 is 0 Å². The molecule has 11 heteroatoms. The van der Waals surface area contributed by atoms with Gasteiger partial charge in [0.25, 0.3) is 5.91 Å². The maximum absolute atomic E-state index is 12.5. The molecule has 0 bridgehead atoms. The van der Waals surface area contributed by atoms with Crippen LogP contribution >= 0.6 is 11.3 Å². The summed E-state index contributed by atoms with van der Waals surface area (Å²) >= 11 is 1.31. The van der Waals surface area contributed by atoms with Gasteiger partial charge in [0.2, 0.25) is 15.2 Å². The van der Waals surface area contributed by atoms with E-state index in [0.29, 0.717) is 28.7 Å². The van der Waals surface area contributed by atoms with Crippen LogP contribution in [0.25, 0.3) is 10.2 Å². The number of amides is 1. The Morgan fingerprint density at radius 1 is 1.29 bits per heavy atom. The molecule has 9 nitrogen and oxygen atoms in total. The van der Waals surface area contributed by atoms with Crippen LogP contribution in [0.2, 0.25) is 0 Å². The molecule has 1 atom stereocenters. The first kappa shape index (κ1) is 21.5. The molecule has 1 saturated heterocycles. The Hall–Kier alpha value is -2.76. The third kappa shape index (κ3) is 4.78. The van der Waals surface area contributed by atoms with E-state index in [1.165, 1.54) is 35.1 Å². The standard InChI is InChI=1S/C20H23N5O4S2/c1-21-19(26)17-10-15(7-9-23-17)29-14-5-6-16-18(11-14)30-20(24-16)25(31(2,27)28)13-4-3-8-22-12-13/h5-7,9-11,13,22H,3-4,8,12H2,1-2H3,(H,21,26)/t13-/m0/s1. The van der Waals surface area contributed by atoms with E-state index < -0.39 is 10.0 Å². The van der Waals surface area contributed by atoms with Crippen LogP contribution < -0.4 is 19.7 Å². The number of fused-ring (bicyclic) bond motifs is 1. The highest BCUT2D eigenvalue weighted by Crippen LogP contribution is 2.35. The van der Waals surface area contributed by atoms with E-state index in [-0.39, 0.29) is 17.6 Å². The minimum Gasteiger partial charge on any atom is -0.457 e. The molecule has 31 heavy (non-hydrogen) atoms. The third-order valence-electron chi connectivity index (χ3n) is 4.92. The average Bonchev–Trinajstić information content (AvgIpc) is 3.15. The number of benzene rings is 1. The van der Waals surface area contributed by atoms with Gasteiger partial charge in [-0.05, 0) is 37.6 Å². The Balaban J connectivity index is 1.63. The molecule has 1 aliphatic heterocycles. The molecule has 1 fully saturated rings. The molecule has 2 N–H and O–H groups in total. The third-order valence-corrected chi connectivity index (χ3v) is 7.24. The number of ether oxygens (including phenoxy) is 1. The van der Waals surface area contributed by atoms with Crippen molar-refractivity contribution in [2.24, 2.45) is 0 Å². The van der Waals surface area contributed by atoms with Crippen molar-refractivity contribution < 1.29 is 17.9 Å². The lowest BCUT2D eigenvalue weighted by Crippen LogP contribution is -2.48. The van der Waals surface area contributed by atoms with Gasteiger partial charge in [0.1, 0.15) is 17.2 Å². The maximum Gasteiger partial charge on any atom is 0.269 e. The number of thiazole rings is 1. The van der Waals surface area contributed by atoms with E-state index in [0.717, 1.165) is 24.1 Å². The number of carbonyl (C=O) groups is 1. The van der Waals surface area contributed by atoms with Crippen molar-refractivity contribution in [3.05, 3.63) is 42.2 Å².